The van der Waals surface area contributed by atoms with Crippen LogP contribution in [0.25, 0.3) is 0 Å². The summed E-state index contributed by atoms with van der Waals surface area (Å²) in [4.78, 5) is 13.0. The van der Waals surface area contributed by atoms with E-state index in [9.17, 15) is 30.7 Å². The number of nitrogens with zero attached hydrogens (tertiary/aromatic N) is 4. The van der Waals surface area contributed by atoms with Gasteiger partial charge in [-0.05, 0) is 74.6 Å². The third-order valence-corrected chi connectivity index (χ3v) is 8.61. The summed E-state index contributed by atoms with van der Waals surface area (Å²) in [6.07, 6.45) is -3.95. The smallest absolute Gasteiger partial charge is 0.419 e. The SMILES string of the molecule is Fc1cc(NC2CCC(Oc3cc(N4CC5(CCN(c6ccc(C(F)(F)F)cc6)C5)C4)ncn3)CC2)ccc1C(F)(F)F. The van der Waals surface area contributed by atoms with Crippen LogP contribution < -0.4 is 19.9 Å². The summed E-state index contributed by atoms with van der Waals surface area (Å²) in [6, 6.07) is 9.99. The molecule has 3 aliphatic rings. The Bertz CT molecular complexity index is 1430. The van der Waals surface area contributed by atoms with E-state index in [2.05, 4.69) is 25.1 Å². The first kappa shape index (κ1) is 29.3. The molecule has 0 atom stereocenters. The van der Waals surface area contributed by atoms with Gasteiger partial charge in [0.05, 0.1) is 11.1 Å². The number of hydrogen-bond donors (Lipinski definition) is 1. The molecular formula is C30H30F7N5O. The van der Waals surface area contributed by atoms with Gasteiger partial charge in [-0.3, -0.25) is 0 Å². The molecule has 6 rings (SSSR count). The normalized spacial score (nSPS) is 22.0. The Morgan fingerprint density at radius 3 is 2.16 bits per heavy atom. The minimum atomic E-state index is -4.73. The number of nitrogens with one attached hydrogen (secondary N) is 1. The van der Waals surface area contributed by atoms with Crippen LogP contribution in [0.15, 0.2) is 54.9 Å². The quantitative estimate of drug-likeness (QED) is 0.299. The molecule has 3 aromatic rings. The largest absolute Gasteiger partial charge is 0.474 e. The number of anilines is 3. The lowest BCUT2D eigenvalue weighted by molar-refractivity contribution is -0.140. The van der Waals surface area contributed by atoms with Crippen LogP contribution in [0.4, 0.5) is 47.9 Å². The van der Waals surface area contributed by atoms with Crippen molar-refractivity contribution in [2.24, 2.45) is 5.41 Å². The first-order chi connectivity index (χ1) is 20.4. The monoisotopic (exact) mass is 609 g/mol. The average molecular weight is 610 g/mol. The fourth-order valence-electron chi connectivity index (χ4n) is 6.33. The molecule has 3 fully saturated rings. The number of hydrogen-bond acceptors (Lipinski definition) is 6. The lowest BCUT2D eigenvalue weighted by Crippen LogP contribution is -2.58. The zero-order chi connectivity index (χ0) is 30.4. The highest BCUT2D eigenvalue weighted by molar-refractivity contribution is 5.52. The third kappa shape index (κ3) is 6.45. The zero-order valence-electron chi connectivity index (χ0n) is 23.1. The van der Waals surface area contributed by atoms with E-state index in [-0.39, 0.29) is 17.6 Å². The third-order valence-electron chi connectivity index (χ3n) is 8.61. The standard InChI is InChI=1S/C30H30F7N5O/c31-25-13-21(5-10-24(25)30(35,36)37)40-20-3-8-23(9-4-20)43-27-14-26(38-18-39-27)42-16-28(17-42)11-12-41(15-28)22-6-1-19(2-7-22)29(32,33)34/h1-2,5-7,10,13-14,18,20,23,40H,3-4,8-9,11-12,15-17H2. The molecule has 2 saturated heterocycles. The number of benzene rings is 2. The van der Waals surface area contributed by atoms with E-state index >= 15 is 0 Å². The van der Waals surface area contributed by atoms with Crippen molar-refractivity contribution in [3.05, 3.63) is 71.8 Å². The van der Waals surface area contributed by atoms with Crippen molar-refractivity contribution in [2.45, 2.75) is 56.6 Å². The van der Waals surface area contributed by atoms with E-state index < -0.39 is 29.3 Å². The molecule has 1 spiro atoms. The van der Waals surface area contributed by atoms with Crippen LogP contribution in [0, 0.1) is 11.2 Å². The van der Waals surface area contributed by atoms with Crippen LogP contribution in [0.2, 0.25) is 0 Å². The molecule has 230 valence electrons. The van der Waals surface area contributed by atoms with Crippen LogP contribution in [-0.4, -0.2) is 48.3 Å². The van der Waals surface area contributed by atoms with Gasteiger partial charge in [0.1, 0.15) is 24.1 Å². The molecule has 3 heterocycles. The van der Waals surface area contributed by atoms with Crippen molar-refractivity contribution in [1.29, 1.82) is 0 Å². The van der Waals surface area contributed by atoms with Gasteiger partial charge in [0.25, 0.3) is 0 Å². The molecule has 0 bridgehead atoms. The molecule has 13 heteroatoms. The van der Waals surface area contributed by atoms with Crippen molar-refractivity contribution in [1.82, 2.24) is 9.97 Å². The van der Waals surface area contributed by atoms with Crippen molar-refractivity contribution >= 4 is 17.2 Å². The Kier molecular flexibility index (Phi) is 7.54. The summed E-state index contributed by atoms with van der Waals surface area (Å²) in [5.41, 5.74) is -0.780. The summed E-state index contributed by atoms with van der Waals surface area (Å²) in [5.74, 6) is -0.0834. The number of halogens is 7. The van der Waals surface area contributed by atoms with Crippen LogP contribution in [0.1, 0.15) is 43.2 Å². The maximum atomic E-state index is 13.9. The van der Waals surface area contributed by atoms with Gasteiger partial charge in [-0.2, -0.15) is 26.3 Å². The lowest BCUT2D eigenvalue weighted by Gasteiger charge is -2.48. The number of ether oxygens (including phenoxy) is 1. The second-order valence-corrected chi connectivity index (χ2v) is 11.7. The fourth-order valence-corrected chi connectivity index (χ4v) is 6.33. The second-order valence-electron chi connectivity index (χ2n) is 11.7. The summed E-state index contributed by atoms with van der Waals surface area (Å²) in [6.45, 7) is 3.10. The number of rotatable bonds is 6. The molecule has 2 aliphatic heterocycles. The van der Waals surface area contributed by atoms with Crippen molar-refractivity contribution in [2.75, 3.05) is 41.3 Å². The van der Waals surface area contributed by atoms with Gasteiger partial charge < -0.3 is 19.9 Å². The Labute approximate surface area is 243 Å². The van der Waals surface area contributed by atoms with E-state index in [0.717, 1.165) is 68.4 Å². The topological polar surface area (TPSA) is 53.5 Å². The fraction of sp³-hybridized carbons (Fsp3) is 0.467. The van der Waals surface area contributed by atoms with Crippen molar-refractivity contribution in [3.63, 3.8) is 0 Å². The minimum absolute atomic E-state index is 0.0113. The maximum absolute atomic E-state index is 13.9. The van der Waals surface area contributed by atoms with E-state index in [1.807, 2.05) is 6.07 Å². The first-order valence-electron chi connectivity index (χ1n) is 14.2. The van der Waals surface area contributed by atoms with Gasteiger partial charge in [-0.25, -0.2) is 14.4 Å². The van der Waals surface area contributed by atoms with Crippen molar-refractivity contribution in [3.8, 4) is 5.88 Å². The predicted molar refractivity (Wildman–Crippen MR) is 147 cm³/mol. The second kappa shape index (κ2) is 11.1. The highest BCUT2D eigenvalue weighted by atomic mass is 19.4. The van der Waals surface area contributed by atoms with Crippen molar-refractivity contribution < 1.29 is 35.5 Å². The average Bonchev–Trinajstić information content (AvgIpc) is 3.39. The predicted octanol–water partition coefficient (Wildman–Crippen LogP) is 7.17. The Morgan fingerprint density at radius 2 is 1.51 bits per heavy atom. The number of alkyl halides is 6. The summed E-state index contributed by atoms with van der Waals surface area (Å²) < 4.78 is 97.2. The maximum Gasteiger partial charge on any atom is 0.419 e. The lowest BCUT2D eigenvalue weighted by atomic mass is 9.79. The van der Waals surface area contributed by atoms with Gasteiger partial charge in [-0.1, -0.05) is 0 Å². The van der Waals surface area contributed by atoms with Crippen LogP contribution >= 0.6 is 0 Å². The molecule has 0 unspecified atom stereocenters. The Balaban J connectivity index is 0.979. The molecule has 6 nitrogen and oxygen atoms in total. The van der Waals surface area contributed by atoms with Crippen LogP contribution in [-0.2, 0) is 12.4 Å². The van der Waals surface area contributed by atoms with Crippen LogP contribution in [0.3, 0.4) is 0 Å². The first-order valence-corrected chi connectivity index (χ1v) is 14.2. The summed E-state index contributed by atoms with van der Waals surface area (Å²) in [5, 5.41) is 3.13. The van der Waals surface area contributed by atoms with Gasteiger partial charge >= 0.3 is 12.4 Å². The Morgan fingerprint density at radius 1 is 0.814 bits per heavy atom. The zero-order valence-corrected chi connectivity index (χ0v) is 23.1. The Hall–Kier alpha value is -3.77. The molecule has 1 aromatic heterocycles. The molecule has 0 radical (unpaired) electrons. The van der Waals surface area contributed by atoms with Gasteiger partial charge in [0.2, 0.25) is 5.88 Å². The van der Waals surface area contributed by atoms with E-state index in [1.165, 1.54) is 24.5 Å². The van der Waals surface area contributed by atoms with Gasteiger partial charge in [0, 0.05) is 55.1 Å². The number of aromatic nitrogens is 2. The minimum Gasteiger partial charge on any atom is -0.474 e. The summed E-state index contributed by atoms with van der Waals surface area (Å²) in [7, 11) is 0. The molecule has 0 amide bonds. The molecule has 2 aromatic carbocycles. The molecule has 1 saturated carbocycles. The molecule has 43 heavy (non-hydrogen) atoms. The van der Waals surface area contributed by atoms with E-state index in [0.29, 0.717) is 37.3 Å². The van der Waals surface area contributed by atoms with Gasteiger partial charge in [0.15, 0.2) is 0 Å². The molecule has 1 N–H and O–H groups in total. The highest BCUT2D eigenvalue weighted by Crippen LogP contribution is 2.43. The van der Waals surface area contributed by atoms with Gasteiger partial charge in [-0.15, -0.1) is 0 Å². The highest BCUT2D eigenvalue weighted by Gasteiger charge is 2.48. The molecule has 1 aliphatic carbocycles. The van der Waals surface area contributed by atoms with E-state index in [1.54, 1.807) is 0 Å². The van der Waals surface area contributed by atoms with E-state index in [4.69, 9.17) is 4.74 Å². The molecular weight excluding hydrogens is 579 g/mol. The summed E-state index contributed by atoms with van der Waals surface area (Å²) >= 11 is 0. The van der Waals surface area contributed by atoms with Crippen LogP contribution in [0.5, 0.6) is 5.88 Å².